The van der Waals surface area contributed by atoms with Crippen LogP contribution in [0, 0.1) is 0 Å². The van der Waals surface area contributed by atoms with E-state index in [1.165, 1.54) is 9.08 Å². The number of nitrogens with zero attached hydrogens (tertiary/aromatic N) is 3. The summed E-state index contributed by atoms with van der Waals surface area (Å²) in [5.74, 6) is -0.191. The smallest absolute Gasteiger partial charge is 0.350 e. The molecule has 1 fully saturated rings. The third-order valence-corrected chi connectivity index (χ3v) is 3.49. The molecule has 8 heteroatoms. The Balaban J connectivity index is 0.00000161. The maximum atomic E-state index is 12.0. The van der Waals surface area contributed by atoms with Crippen molar-refractivity contribution in [2.24, 2.45) is 0 Å². The Kier molecular flexibility index (Phi) is 4.98. The topological polar surface area (TPSA) is 80.4 Å². The first-order valence-corrected chi connectivity index (χ1v) is 6.78. The second kappa shape index (κ2) is 6.73. The van der Waals surface area contributed by atoms with Gasteiger partial charge in [-0.05, 0) is 31.5 Å². The van der Waals surface area contributed by atoms with E-state index in [1.807, 2.05) is 0 Å². The minimum absolute atomic E-state index is 0. The van der Waals surface area contributed by atoms with Gasteiger partial charge in [-0.15, -0.1) is 17.5 Å². The molecule has 0 saturated carbocycles. The van der Waals surface area contributed by atoms with Gasteiger partial charge < -0.3 is 10.6 Å². The SMILES string of the molecule is Cl.O=C(Cn1nc2ccccn2c1=O)NCC1CCCN1. The average molecular weight is 312 g/mol. The third-order valence-electron chi connectivity index (χ3n) is 3.49. The van der Waals surface area contributed by atoms with E-state index in [-0.39, 0.29) is 30.5 Å². The monoisotopic (exact) mass is 311 g/mol. The Hall–Kier alpha value is -1.86. The fourth-order valence-electron chi connectivity index (χ4n) is 2.43. The number of carbonyl (C=O) groups is 1. The first-order chi connectivity index (χ1) is 9.74. The minimum atomic E-state index is -0.297. The van der Waals surface area contributed by atoms with Gasteiger partial charge in [-0.25, -0.2) is 9.48 Å². The summed E-state index contributed by atoms with van der Waals surface area (Å²) in [5, 5.41) is 10.3. The van der Waals surface area contributed by atoms with Gasteiger partial charge in [-0.1, -0.05) is 6.07 Å². The molecule has 1 atom stereocenters. The van der Waals surface area contributed by atoms with Crippen molar-refractivity contribution >= 4 is 24.0 Å². The highest BCUT2D eigenvalue weighted by molar-refractivity contribution is 5.85. The molecule has 1 saturated heterocycles. The maximum Gasteiger partial charge on any atom is 0.350 e. The predicted molar refractivity (Wildman–Crippen MR) is 80.7 cm³/mol. The summed E-state index contributed by atoms with van der Waals surface area (Å²) in [6.07, 6.45) is 3.86. The largest absolute Gasteiger partial charge is 0.353 e. The summed E-state index contributed by atoms with van der Waals surface area (Å²) in [6.45, 7) is 1.56. The zero-order chi connectivity index (χ0) is 13.9. The fraction of sp³-hybridized carbons (Fsp3) is 0.462. The highest BCUT2D eigenvalue weighted by Crippen LogP contribution is 2.03. The van der Waals surface area contributed by atoms with Crippen molar-refractivity contribution < 1.29 is 4.79 Å². The van der Waals surface area contributed by atoms with Crippen LogP contribution in [0.25, 0.3) is 5.65 Å². The van der Waals surface area contributed by atoms with E-state index in [0.29, 0.717) is 18.2 Å². The molecular formula is C13H18ClN5O2. The van der Waals surface area contributed by atoms with Crippen LogP contribution >= 0.6 is 12.4 Å². The number of halogens is 1. The predicted octanol–water partition coefficient (Wildman–Crippen LogP) is -0.214. The summed E-state index contributed by atoms with van der Waals surface area (Å²) >= 11 is 0. The van der Waals surface area contributed by atoms with Crippen LogP contribution in [-0.2, 0) is 11.3 Å². The molecule has 1 amide bonds. The molecule has 2 aromatic heterocycles. The first-order valence-electron chi connectivity index (χ1n) is 6.78. The van der Waals surface area contributed by atoms with Crippen molar-refractivity contribution in [3.8, 4) is 0 Å². The van der Waals surface area contributed by atoms with Crippen molar-refractivity contribution in [3.05, 3.63) is 34.9 Å². The molecule has 7 nitrogen and oxygen atoms in total. The Morgan fingerprint density at radius 1 is 1.48 bits per heavy atom. The molecule has 3 heterocycles. The second-order valence-corrected chi connectivity index (χ2v) is 4.97. The number of aromatic nitrogens is 3. The Labute approximate surface area is 127 Å². The van der Waals surface area contributed by atoms with Gasteiger partial charge >= 0.3 is 5.69 Å². The lowest BCUT2D eigenvalue weighted by Crippen LogP contribution is -2.40. The summed E-state index contributed by atoms with van der Waals surface area (Å²) in [7, 11) is 0. The molecule has 0 aromatic carbocycles. The highest BCUT2D eigenvalue weighted by atomic mass is 35.5. The third kappa shape index (κ3) is 3.43. The molecule has 2 N–H and O–H groups in total. The number of hydrogen-bond acceptors (Lipinski definition) is 4. The zero-order valence-corrected chi connectivity index (χ0v) is 12.3. The highest BCUT2D eigenvalue weighted by Gasteiger charge is 2.15. The fourth-order valence-corrected chi connectivity index (χ4v) is 2.43. The molecule has 0 bridgehead atoms. The lowest BCUT2D eigenvalue weighted by atomic mass is 10.2. The first kappa shape index (κ1) is 15.5. The van der Waals surface area contributed by atoms with Crippen molar-refractivity contribution in [2.75, 3.05) is 13.1 Å². The van der Waals surface area contributed by atoms with Crippen LogP contribution < -0.4 is 16.3 Å². The molecular weight excluding hydrogens is 294 g/mol. The van der Waals surface area contributed by atoms with Crippen LogP contribution in [0.1, 0.15) is 12.8 Å². The Bertz CT molecular complexity index is 674. The molecule has 1 aliphatic rings. The zero-order valence-electron chi connectivity index (χ0n) is 11.5. The van der Waals surface area contributed by atoms with Gasteiger partial charge in [0.1, 0.15) is 6.54 Å². The number of hydrogen-bond donors (Lipinski definition) is 2. The van der Waals surface area contributed by atoms with Gasteiger partial charge in [-0.3, -0.25) is 9.20 Å². The van der Waals surface area contributed by atoms with Crippen LogP contribution in [-0.4, -0.2) is 39.2 Å². The van der Waals surface area contributed by atoms with Crippen LogP contribution in [0.5, 0.6) is 0 Å². The molecule has 0 radical (unpaired) electrons. The molecule has 21 heavy (non-hydrogen) atoms. The molecule has 1 unspecified atom stereocenters. The normalized spacial score (nSPS) is 17.6. The van der Waals surface area contributed by atoms with Gasteiger partial charge in [-0.2, -0.15) is 0 Å². The lowest BCUT2D eigenvalue weighted by molar-refractivity contribution is -0.122. The Morgan fingerprint density at radius 3 is 3.05 bits per heavy atom. The van der Waals surface area contributed by atoms with Gasteiger partial charge in [0.25, 0.3) is 0 Å². The van der Waals surface area contributed by atoms with Gasteiger partial charge in [0.2, 0.25) is 5.91 Å². The van der Waals surface area contributed by atoms with Crippen LogP contribution in [0.4, 0.5) is 0 Å². The maximum absolute atomic E-state index is 12.0. The quantitative estimate of drug-likeness (QED) is 0.818. The van der Waals surface area contributed by atoms with E-state index in [1.54, 1.807) is 24.4 Å². The van der Waals surface area contributed by atoms with Crippen molar-refractivity contribution in [1.82, 2.24) is 24.8 Å². The van der Waals surface area contributed by atoms with E-state index in [2.05, 4.69) is 15.7 Å². The summed E-state index contributed by atoms with van der Waals surface area (Å²) in [4.78, 5) is 23.8. The average Bonchev–Trinajstić information content (AvgIpc) is 3.07. The van der Waals surface area contributed by atoms with Crippen LogP contribution in [0.2, 0.25) is 0 Å². The van der Waals surface area contributed by atoms with E-state index in [4.69, 9.17) is 0 Å². The number of pyridine rings is 1. The van der Waals surface area contributed by atoms with Gasteiger partial charge in [0, 0.05) is 18.8 Å². The lowest BCUT2D eigenvalue weighted by Gasteiger charge is -2.10. The molecule has 2 aromatic rings. The summed E-state index contributed by atoms with van der Waals surface area (Å²) in [6, 6.07) is 5.64. The number of amides is 1. The molecule has 0 aliphatic carbocycles. The molecule has 3 rings (SSSR count). The van der Waals surface area contributed by atoms with E-state index < -0.39 is 0 Å². The van der Waals surface area contributed by atoms with Crippen LogP contribution in [0.15, 0.2) is 29.2 Å². The van der Waals surface area contributed by atoms with Crippen LogP contribution in [0.3, 0.4) is 0 Å². The van der Waals surface area contributed by atoms with Crippen molar-refractivity contribution in [3.63, 3.8) is 0 Å². The van der Waals surface area contributed by atoms with E-state index in [0.717, 1.165) is 19.4 Å². The van der Waals surface area contributed by atoms with Crippen molar-refractivity contribution in [2.45, 2.75) is 25.4 Å². The summed E-state index contributed by atoms with van der Waals surface area (Å²) < 4.78 is 2.61. The second-order valence-electron chi connectivity index (χ2n) is 4.97. The number of rotatable bonds is 4. The molecule has 0 spiro atoms. The number of fused-ring (bicyclic) bond motifs is 1. The molecule has 114 valence electrons. The summed E-state index contributed by atoms with van der Waals surface area (Å²) in [5.41, 5.74) is 0.248. The Morgan fingerprint density at radius 2 is 2.33 bits per heavy atom. The van der Waals surface area contributed by atoms with Crippen molar-refractivity contribution in [1.29, 1.82) is 0 Å². The van der Waals surface area contributed by atoms with E-state index >= 15 is 0 Å². The number of carbonyl (C=O) groups excluding carboxylic acids is 1. The van der Waals surface area contributed by atoms with Gasteiger partial charge in [0.15, 0.2) is 5.65 Å². The van der Waals surface area contributed by atoms with E-state index in [9.17, 15) is 9.59 Å². The number of nitrogens with one attached hydrogen (secondary N) is 2. The minimum Gasteiger partial charge on any atom is -0.353 e. The standard InChI is InChI=1S/C13H17N5O2.ClH/c19-12(15-8-10-4-3-6-14-10)9-18-13(20)17-7-2-1-5-11(17)16-18;/h1-2,5,7,10,14H,3-4,6,8-9H2,(H,15,19);1H. The molecule has 1 aliphatic heterocycles. The van der Waals surface area contributed by atoms with Gasteiger partial charge in [0.05, 0.1) is 0 Å².